The predicted molar refractivity (Wildman–Crippen MR) is 73.2 cm³/mol. The van der Waals surface area contributed by atoms with Crippen molar-refractivity contribution in [3.8, 4) is 0 Å². The van der Waals surface area contributed by atoms with Gasteiger partial charge in [-0.2, -0.15) is 0 Å². The van der Waals surface area contributed by atoms with Gasteiger partial charge in [0.2, 0.25) is 0 Å². The van der Waals surface area contributed by atoms with E-state index in [0.29, 0.717) is 23.0 Å². The Labute approximate surface area is 118 Å². The number of hydrogen-bond acceptors (Lipinski definition) is 4. The van der Waals surface area contributed by atoms with E-state index in [0.717, 1.165) is 18.9 Å². The molecule has 5 nitrogen and oxygen atoms in total. The van der Waals surface area contributed by atoms with Gasteiger partial charge >= 0.3 is 0 Å². The molecule has 2 heterocycles. The van der Waals surface area contributed by atoms with Crippen LogP contribution in [0.1, 0.15) is 18.9 Å². The van der Waals surface area contributed by atoms with Crippen LogP contribution in [0, 0.1) is 11.6 Å². The molecule has 1 aromatic carbocycles. The molecule has 0 saturated heterocycles. The molecular formula is C14H11F2N5. The van der Waals surface area contributed by atoms with E-state index in [4.69, 9.17) is 0 Å². The molecular weight excluding hydrogens is 276 g/mol. The van der Waals surface area contributed by atoms with Crippen molar-refractivity contribution in [1.29, 1.82) is 0 Å². The SMILES string of the molecule is Fc1cccc(Nc2ncnc3c2ncn3C2CC2)c1F. The largest absolute Gasteiger partial charge is 0.336 e. The van der Waals surface area contributed by atoms with Crippen LogP contribution in [0.15, 0.2) is 30.9 Å². The van der Waals surface area contributed by atoms with Crippen LogP contribution >= 0.6 is 0 Å². The van der Waals surface area contributed by atoms with Gasteiger partial charge in [0.25, 0.3) is 0 Å². The Morgan fingerprint density at radius 2 is 2.00 bits per heavy atom. The first-order chi connectivity index (χ1) is 10.2. The van der Waals surface area contributed by atoms with Crippen molar-refractivity contribution in [2.24, 2.45) is 0 Å². The molecule has 1 aliphatic carbocycles. The maximum atomic E-state index is 13.7. The smallest absolute Gasteiger partial charge is 0.182 e. The van der Waals surface area contributed by atoms with E-state index >= 15 is 0 Å². The van der Waals surface area contributed by atoms with Crippen molar-refractivity contribution < 1.29 is 8.78 Å². The number of halogens is 2. The molecule has 3 aromatic rings. The average molecular weight is 287 g/mol. The van der Waals surface area contributed by atoms with Gasteiger partial charge in [0.1, 0.15) is 6.33 Å². The lowest BCUT2D eigenvalue weighted by molar-refractivity contribution is 0.511. The maximum Gasteiger partial charge on any atom is 0.182 e. The lowest BCUT2D eigenvalue weighted by Gasteiger charge is -2.07. The van der Waals surface area contributed by atoms with Gasteiger partial charge < -0.3 is 9.88 Å². The second kappa shape index (κ2) is 4.47. The molecule has 1 fully saturated rings. The minimum absolute atomic E-state index is 0.0240. The summed E-state index contributed by atoms with van der Waals surface area (Å²) in [6, 6.07) is 4.38. The van der Waals surface area contributed by atoms with Gasteiger partial charge in [-0.15, -0.1) is 0 Å². The number of fused-ring (bicyclic) bond motifs is 1. The highest BCUT2D eigenvalue weighted by Crippen LogP contribution is 2.37. The van der Waals surface area contributed by atoms with Gasteiger partial charge in [-0.05, 0) is 25.0 Å². The second-order valence-corrected chi connectivity index (χ2v) is 5.00. The molecule has 0 unspecified atom stereocenters. The summed E-state index contributed by atoms with van der Waals surface area (Å²) in [6.45, 7) is 0. The van der Waals surface area contributed by atoms with E-state index in [9.17, 15) is 8.78 Å². The number of aromatic nitrogens is 4. The first-order valence-corrected chi connectivity index (χ1v) is 6.62. The van der Waals surface area contributed by atoms with Crippen molar-refractivity contribution in [3.63, 3.8) is 0 Å². The zero-order valence-electron chi connectivity index (χ0n) is 10.9. The fourth-order valence-corrected chi connectivity index (χ4v) is 2.29. The van der Waals surface area contributed by atoms with E-state index in [1.807, 2.05) is 4.57 Å². The molecule has 0 aliphatic heterocycles. The lowest BCUT2D eigenvalue weighted by atomic mass is 10.3. The molecule has 2 aromatic heterocycles. The minimum Gasteiger partial charge on any atom is -0.336 e. The van der Waals surface area contributed by atoms with Gasteiger partial charge in [-0.1, -0.05) is 6.07 Å². The number of rotatable bonds is 3. The van der Waals surface area contributed by atoms with Gasteiger partial charge in [-0.3, -0.25) is 0 Å². The summed E-state index contributed by atoms with van der Waals surface area (Å²) in [6.07, 6.45) is 5.32. The van der Waals surface area contributed by atoms with Crippen molar-refractivity contribution in [2.75, 3.05) is 5.32 Å². The summed E-state index contributed by atoms with van der Waals surface area (Å²) in [5.41, 5.74) is 1.27. The summed E-state index contributed by atoms with van der Waals surface area (Å²) in [5.74, 6) is -1.48. The van der Waals surface area contributed by atoms with Crippen molar-refractivity contribution >= 4 is 22.7 Å². The molecule has 1 aliphatic rings. The molecule has 0 atom stereocenters. The zero-order valence-corrected chi connectivity index (χ0v) is 10.9. The third kappa shape index (κ3) is 2.01. The van der Waals surface area contributed by atoms with E-state index < -0.39 is 11.6 Å². The fourth-order valence-electron chi connectivity index (χ4n) is 2.29. The Morgan fingerprint density at radius 1 is 1.14 bits per heavy atom. The first kappa shape index (κ1) is 12.2. The maximum absolute atomic E-state index is 13.7. The molecule has 1 N–H and O–H groups in total. The zero-order chi connectivity index (χ0) is 14.4. The Bertz CT molecular complexity index is 825. The van der Waals surface area contributed by atoms with Crippen LogP contribution in [0.3, 0.4) is 0 Å². The molecule has 4 rings (SSSR count). The normalized spacial score (nSPS) is 14.6. The minimum atomic E-state index is -0.939. The van der Waals surface area contributed by atoms with Crippen LogP contribution in [0.5, 0.6) is 0 Å². The second-order valence-electron chi connectivity index (χ2n) is 5.00. The van der Waals surface area contributed by atoms with Crippen molar-refractivity contribution in [2.45, 2.75) is 18.9 Å². The van der Waals surface area contributed by atoms with Crippen LogP contribution in [-0.4, -0.2) is 19.5 Å². The number of nitrogens with one attached hydrogen (secondary N) is 1. The number of imidazole rings is 1. The highest BCUT2D eigenvalue weighted by atomic mass is 19.2. The molecule has 21 heavy (non-hydrogen) atoms. The number of hydrogen-bond donors (Lipinski definition) is 1. The van der Waals surface area contributed by atoms with Gasteiger partial charge in [0.05, 0.1) is 12.0 Å². The lowest BCUT2D eigenvalue weighted by Crippen LogP contribution is -2.00. The van der Waals surface area contributed by atoms with Crippen molar-refractivity contribution in [1.82, 2.24) is 19.5 Å². The highest BCUT2D eigenvalue weighted by molar-refractivity contribution is 5.85. The average Bonchev–Trinajstić information content (AvgIpc) is 3.23. The summed E-state index contributed by atoms with van der Waals surface area (Å²) in [7, 11) is 0. The molecule has 0 amide bonds. The molecule has 0 spiro atoms. The standard InChI is InChI=1S/C14H11F2N5/c15-9-2-1-3-10(11(9)16)20-13-12-14(18-6-17-13)21(7-19-12)8-4-5-8/h1-3,6-8H,4-5H2,(H,17,18,20). The molecule has 1 saturated carbocycles. The number of anilines is 2. The Kier molecular flexibility index (Phi) is 2.60. The topological polar surface area (TPSA) is 55.6 Å². The highest BCUT2D eigenvalue weighted by Gasteiger charge is 2.26. The van der Waals surface area contributed by atoms with Crippen molar-refractivity contribution in [3.05, 3.63) is 42.5 Å². The van der Waals surface area contributed by atoms with Crippen LogP contribution in [0.2, 0.25) is 0 Å². The van der Waals surface area contributed by atoms with Crippen LogP contribution in [0.25, 0.3) is 11.2 Å². The predicted octanol–water partition coefficient (Wildman–Crippen LogP) is 3.18. The fraction of sp³-hybridized carbons (Fsp3) is 0.214. The molecule has 7 heteroatoms. The van der Waals surface area contributed by atoms with Crippen LogP contribution in [-0.2, 0) is 0 Å². The Balaban J connectivity index is 1.78. The Morgan fingerprint density at radius 3 is 2.81 bits per heavy atom. The van der Waals surface area contributed by atoms with E-state index in [-0.39, 0.29) is 5.69 Å². The van der Waals surface area contributed by atoms with Gasteiger partial charge in [0, 0.05) is 6.04 Å². The number of benzene rings is 1. The summed E-state index contributed by atoms with van der Waals surface area (Å²) < 4.78 is 29.0. The molecule has 0 bridgehead atoms. The van der Waals surface area contributed by atoms with E-state index in [1.165, 1.54) is 18.5 Å². The van der Waals surface area contributed by atoms with E-state index in [2.05, 4.69) is 20.3 Å². The molecule has 106 valence electrons. The first-order valence-electron chi connectivity index (χ1n) is 6.62. The van der Waals surface area contributed by atoms with Crippen LogP contribution in [0.4, 0.5) is 20.3 Å². The summed E-state index contributed by atoms with van der Waals surface area (Å²) in [5, 5.41) is 2.79. The Hall–Kier alpha value is -2.57. The monoisotopic (exact) mass is 287 g/mol. The third-order valence-corrected chi connectivity index (χ3v) is 3.50. The number of nitrogens with zero attached hydrogens (tertiary/aromatic N) is 4. The molecule has 0 radical (unpaired) electrons. The van der Waals surface area contributed by atoms with Crippen LogP contribution < -0.4 is 5.32 Å². The summed E-state index contributed by atoms with van der Waals surface area (Å²) >= 11 is 0. The summed E-state index contributed by atoms with van der Waals surface area (Å²) in [4.78, 5) is 12.6. The third-order valence-electron chi connectivity index (χ3n) is 3.50. The quantitative estimate of drug-likeness (QED) is 0.803. The van der Waals surface area contributed by atoms with Gasteiger partial charge in [-0.25, -0.2) is 23.7 Å². The van der Waals surface area contributed by atoms with E-state index in [1.54, 1.807) is 6.33 Å². The van der Waals surface area contributed by atoms with Gasteiger partial charge in [0.15, 0.2) is 28.6 Å².